The quantitative estimate of drug-likeness (QED) is 0.541. The van der Waals surface area contributed by atoms with E-state index < -0.39 is 0 Å². The minimum atomic E-state index is -0.248. The molecular formula is C18H19N3OS2. The number of fused-ring (bicyclic) bond motifs is 1. The molecule has 0 aliphatic rings. The maximum absolute atomic E-state index is 12.5. The number of thioether (sulfide) groups is 1. The second-order valence-corrected chi connectivity index (χ2v) is 8.24. The molecule has 24 heavy (non-hydrogen) atoms. The molecule has 0 bridgehead atoms. The van der Waals surface area contributed by atoms with Gasteiger partial charge in [0.15, 0.2) is 0 Å². The van der Waals surface area contributed by atoms with Crippen molar-refractivity contribution in [2.45, 2.75) is 38.0 Å². The van der Waals surface area contributed by atoms with E-state index in [1.54, 1.807) is 17.7 Å². The van der Waals surface area contributed by atoms with Crippen LogP contribution in [0.25, 0.3) is 10.2 Å². The average molecular weight is 358 g/mol. The summed E-state index contributed by atoms with van der Waals surface area (Å²) in [5, 5.41) is 4.69. The van der Waals surface area contributed by atoms with Crippen LogP contribution in [0.5, 0.6) is 0 Å². The minimum Gasteiger partial charge on any atom is -0.325 e. The zero-order valence-corrected chi connectivity index (χ0v) is 15.7. The summed E-state index contributed by atoms with van der Waals surface area (Å²) < 4.78 is 0. The number of aromatic nitrogens is 2. The number of benzene rings is 1. The number of hydrogen-bond donors (Lipinski definition) is 1. The van der Waals surface area contributed by atoms with Crippen molar-refractivity contribution in [3.8, 4) is 0 Å². The molecule has 1 atom stereocenters. The van der Waals surface area contributed by atoms with Gasteiger partial charge in [0.25, 0.3) is 0 Å². The van der Waals surface area contributed by atoms with E-state index in [2.05, 4.69) is 29.1 Å². The molecule has 4 nitrogen and oxygen atoms in total. The number of carbonyl (C=O) groups excluding carboxylic acids is 1. The zero-order chi connectivity index (χ0) is 17.3. The Morgan fingerprint density at radius 2 is 1.96 bits per heavy atom. The summed E-state index contributed by atoms with van der Waals surface area (Å²) in [5.41, 5.74) is 3.10. The molecule has 2 heterocycles. The third kappa shape index (κ3) is 3.30. The molecule has 2 aromatic heterocycles. The minimum absolute atomic E-state index is 0.0225. The SMILES string of the molecule is Cc1ccccc1NC(=O)C(C)Sc1ncnc2sc(C)c(C)c12. The number of hydrogen-bond acceptors (Lipinski definition) is 5. The molecule has 0 aliphatic carbocycles. The van der Waals surface area contributed by atoms with Crippen LogP contribution in [0, 0.1) is 20.8 Å². The summed E-state index contributed by atoms with van der Waals surface area (Å²) in [7, 11) is 0. The monoisotopic (exact) mass is 357 g/mol. The summed E-state index contributed by atoms with van der Waals surface area (Å²) in [6.45, 7) is 8.06. The van der Waals surface area contributed by atoms with Crippen LogP contribution in [0.2, 0.25) is 0 Å². The topological polar surface area (TPSA) is 54.9 Å². The van der Waals surface area contributed by atoms with Gasteiger partial charge >= 0.3 is 0 Å². The van der Waals surface area contributed by atoms with E-state index in [0.29, 0.717) is 0 Å². The lowest BCUT2D eigenvalue weighted by molar-refractivity contribution is -0.115. The second kappa shape index (κ2) is 6.91. The van der Waals surface area contributed by atoms with Crippen LogP contribution in [0.3, 0.4) is 0 Å². The highest BCUT2D eigenvalue weighted by molar-refractivity contribution is 8.00. The number of thiophene rings is 1. The van der Waals surface area contributed by atoms with Gasteiger partial charge in [-0.25, -0.2) is 9.97 Å². The summed E-state index contributed by atoms with van der Waals surface area (Å²) in [6, 6.07) is 7.78. The highest BCUT2D eigenvalue weighted by atomic mass is 32.2. The summed E-state index contributed by atoms with van der Waals surface area (Å²) in [5.74, 6) is -0.0225. The number of amides is 1. The molecule has 0 fully saturated rings. The van der Waals surface area contributed by atoms with Gasteiger partial charge in [-0.3, -0.25) is 4.79 Å². The first-order chi connectivity index (χ1) is 11.5. The lowest BCUT2D eigenvalue weighted by Crippen LogP contribution is -2.23. The van der Waals surface area contributed by atoms with Gasteiger partial charge in [-0.05, 0) is 44.9 Å². The van der Waals surface area contributed by atoms with E-state index in [-0.39, 0.29) is 11.2 Å². The maximum Gasteiger partial charge on any atom is 0.237 e. The first kappa shape index (κ1) is 16.9. The first-order valence-electron chi connectivity index (χ1n) is 7.71. The van der Waals surface area contributed by atoms with Crippen molar-refractivity contribution < 1.29 is 4.79 Å². The Kier molecular flexibility index (Phi) is 4.87. The van der Waals surface area contributed by atoms with Gasteiger partial charge in [-0.15, -0.1) is 11.3 Å². The van der Waals surface area contributed by atoms with Gasteiger partial charge in [0.2, 0.25) is 5.91 Å². The highest BCUT2D eigenvalue weighted by Gasteiger charge is 2.19. The molecule has 124 valence electrons. The Bertz CT molecular complexity index is 904. The third-order valence-electron chi connectivity index (χ3n) is 3.99. The number of rotatable bonds is 4. The number of carbonyl (C=O) groups is 1. The fraction of sp³-hybridized carbons (Fsp3) is 0.278. The standard InChI is InChI=1S/C18H19N3OS2/c1-10-7-5-6-8-14(10)21-16(22)13(4)24-18-15-11(2)12(3)23-17(15)19-9-20-18/h5-9,13H,1-4H3,(H,21,22). The highest BCUT2D eigenvalue weighted by Crippen LogP contribution is 2.36. The van der Waals surface area contributed by atoms with Crippen LogP contribution < -0.4 is 5.32 Å². The molecule has 1 amide bonds. The molecule has 6 heteroatoms. The van der Waals surface area contributed by atoms with Crippen LogP contribution >= 0.6 is 23.1 Å². The lowest BCUT2D eigenvalue weighted by atomic mass is 10.2. The molecular weight excluding hydrogens is 338 g/mol. The van der Waals surface area contributed by atoms with Crippen molar-refractivity contribution in [2.75, 3.05) is 5.32 Å². The fourth-order valence-electron chi connectivity index (χ4n) is 2.41. The number of nitrogens with one attached hydrogen (secondary N) is 1. The van der Waals surface area contributed by atoms with Gasteiger partial charge in [-0.1, -0.05) is 30.0 Å². The number of para-hydroxylation sites is 1. The van der Waals surface area contributed by atoms with Crippen LogP contribution in [-0.4, -0.2) is 21.1 Å². The Hall–Kier alpha value is -1.92. The van der Waals surface area contributed by atoms with Crippen LogP contribution in [0.4, 0.5) is 5.69 Å². The number of aryl methyl sites for hydroxylation is 3. The lowest BCUT2D eigenvalue weighted by Gasteiger charge is -2.13. The predicted octanol–water partition coefficient (Wildman–Crippen LogP) is 4.74. The molecule has 1 unspecified atom stereocenters. The van der Waals surface area contributed by atoms with Crippen LogP contribution in [0.15, 0.2) is 35.6 Å². The van der Waals surface area contributed by atoms with Crippen molar-refractivity contribution in [1.29, 1.82) is 0 Å². The molecule has 0 spiro atoms. The third-order valence-corrected chi connectivity index (χ3v) is 6.21. The average Bonchev–Trinajstić information content (AvgIpc) is 2.85. The fourth-order valence-corrected chi connectivity index (χ4v) is 4.45. The Morgan fingerprint density at radius 1 is 1.21 bits per heavy atom. The zero-order valence-electron chi connectivity index (χ0n) is 14.1. The van der Waals surface area contributed by atoms with E-state index in [1.165, 1.54) is 22.2 Å². The molecule has 0 radical (unpaired) electrons. The summed E-state index contributed by atoms with van der Waals surface area (Å²) >= 11 is 3.15. The van der Waals surface area contributed by atoms with Crippen molar-refractivity contribution in [3.63, 3.8) is 0 Å². The Morgan fingerprint density at radius 3 is 2.71 bits per heavy atom. The molecule has 0 saturated carbocycles. The Labute approximate surface area is 149 Å². The van der Waals surface area contributed by atoms with Gasteiger partial charge in [0.1, 0.15) is 16.2 Å². The van der Waals surface area contributed by atoms with E-state index in [9.17, 15) is 4.79 Å². The molecule has 1 aromatic carbocycles. The molecule has 1 N–H and O–H groups in total. The normalized spacial score (nSPS) is 12.3. The van der Waals surface area contributed by atoms with Crippen molar-refractivity contribution in [2.24, 2.45) is 0 Å². The maximum atomic E-state index is 12.5. The van der Waals surface area contributed by atoms with Gasteiger partial charge < -0.3 is 5.32 Å². The molecule has 3 rings (SSSR count). The van der Waals surface area contributed by atoms with Gasteiger partial charge in [0, 0.05) is 16.0 Å². The van der Waals surface area contributed by atoms with Gasteiger partial charge in [0.05, 0.1) is 5.25 Å². The van der Waals surface area contributed by atoms with E-state index >= 15 is 0 Å². The number of nitrogens with zero attached hydrogens (tertiary/aromatic N) is 2. The predicted molar refractivity (Wildman–Crippen MR) is 102 cm³/mol. The van der Waals surface area contributed by atoms with E-state index in [0.717, 1.165) is 26.5 Å². The molecule has 3 aromatic rings. The van der Waals surface area contributed by atoms with E-state index in [1.807, 2.05) is 38.1 Å². The van der Waals surface area contributed by atoms with Crippen molar-refractivity contribution in [1.82, 2.24) is 9.97 Å². The Balaban J connectivity index is 1.81. The number of anilines is 1. The summed E-state index contributed by atoms with van der Waals surface area (Å²) in [4.78, 5) is 23.5. The summed E-state index contributed by atoms with van der Waals surface area (Å²) in [6.07, 6.45) is 1.58. The van der Waals surface area contributed by atoms with Crippen molar-refractivity contribution in [3.05, 3.63) is 46.6 Å². The first-order valence-corrected chi connectivity index (χ1v) is 9.41. The molecule has 0 saturated heterocycles. The second-order valence-electron chi connectivity index (χ2n) is 5.71. The largest absolute Gasteiger partial charge is 0.325 e. The van der Waals surface area contributed by atoms with Gasteiger partial charge in [-0.2, -0.15) is 0 Å². The smallest absolute Gasteiger partial charge is 0.237 e. The van der Waals surface area contributed by atoms with E-state index in [4.69, 9.17) is 0 Å². The van der Waals surface area contributed by atoms with Crippen LogP contribution in [-0.2, 0) is 4.79 Å². The molecule has 0 aliphatic heterocycles. The van der Waals surface area contributed by atoms with Crippen LogP contribution in [0.1, 0.15) is 22.9 Å². The van der Waals surface area contributed by atoms with Crippen molar-refractivity contribution >= 4 is 44.9 Å².